The fourth-order valence-electron chi connectivity index (χ4n) is 3.27. The van der Waals surface area contributed by atoms with E-state index < -0.39 is 16.7 Å². The number of rotatable bonds is 5. The van der Waals surface area contributed by atoms with Crippen molar-refractivity contribution in [1.29, 1.82) is 0 Å². The Morgan fingerprint density at radius 1 is 1.03 bits per heavy atom. The molecule has 8 heteroatoms. The van der Waals surface area contributed by atoms with Crippen molar-refractivity contribution >= 4 is 34.5 Å². The van der Waals surface area contributed by atoms with Crippen LogP contribution in [0.2, 0.25) is 0 Å². The first-order valence-electron chi connectivity index (χ1n) is 8.87. The predicted molar refractivity (Wildman–Crippen MR) is 106 cm³/mol. The summed E-state index contributed by atoms with van der Waals surface area (Å²) in [5.41, 5.74) is 0.925. The summed E-state index contributed by atoms with van der Waals surface area (Å²) in [6.07, 6.45) is 1.40. The molecule has 144 valence electrons. The van der Waals surface area contributed by atoms with E-state index in [0.717, 1.165) is 5.01 Å². The van der Waals surface area contributed by atoms with Crippen LogP contribution in [0, 0.1) is 10.1 Å². The zero-order valence-electron chi connectivity index (χ0n) is 15.4. The molecule has 1 aliphatic rings. The molecule has 29 heavy (non-hydrogen) atoms. The van der Waals surface area contributed by atoms with E-state index in [0.29, 0.717) is 17.9 Å². The Kier molecular flexibility index (Phi) is 4.52. The van der Waals surface area contributed by atoms with E-state index in [2.05, 4.69) is 5.10 Å². The number of benzene rings is 3. The van der Waals surface area contributed by atoms with E-state index in [1.807, 2.05) is 6.92 Å². The molecule has 1 heterocycles. The minimum Gasteiger partial charge on any atom is -0.494 e. The number of nitrogens with zero attached hydrogens (tertiary/aromatic N) is 3. The monoisotopic (exact) mass is 389 g/mol. The average Bonchev–Trinajstić information content (AvgIpc) is 2.72. The van der Waals surface area contributed by atoms with Crippen LogP contribution < -0.4 is 4.74 Å². The quantitative estimate of drug-likeness (QED) is 0.286. The highest BCUT2D eigenvalue weighted by Crippen LogP contribution is 2.35. The Hall–Kier alpha value is -4.07. The molecule has 0 atom stereocenters. The Labute approximate surface area is 165 Å². The van der Waals surface area contributed by atoms with Gasteiger partial charge < -0.3 is 4.74 Å². The highest BCUT2D eigenvalue weighted by Gasteiger charge is 2.34. The van der Waals surface area contributed by atoms with Gasteiger partial charge in [0.05, 0.1) is 34.3 Å². The van der Waals surface area contributed by atoms with Crippen molar-refractivity contribution in [2.75, 3.05) is 6.61 Å². The van der Waals surface area contributed by atoms with Gasteiger partial charge in [0, 0.05) is 11.5 Å². The maximum absolute atomic E-state index is 12.9. The smallest absolute Gasteiger partial charge is 0.282 e. The molecular formula is C21H15N3O5. The van der Waals surface area contributed by atoms with E-state index in [1.54, 1.807) is 30.3 Å². The molecule has 0 saturated carbocycles. The summed E-state index contributed by atoms with van der Waals surface area (Å²) in [6, 6.07) is 14.3. The zero-order valence-corrected chi connectivity index (χ0v) is 15.4. The largest absolute Gasteiger partial charge is 0.494 e. The first-order chi connectivity index (χ1) is 14.0. The van der Waals surface area contributed by atoms with Gasteiger partial charge in [-0.2, -0.15) is 10.1 Å². The molecule has 1 aliphatic heterocycles. The molecule has 3 aromatic rings. The molecule has 0 aliphatic carbocycles. The lowest BCUT2D eigenvalue weighted by molar-refractivity contribution is -0.383. The molecule has 3 aromatic carbocycles. The Bertz CT molecular complexity index is 1160. The SMILES string of the molecule is CCOc1ccc(/C=N\N2C(=O)c3cccc4c([N+](=O)[O-])ccc(c34)C2=O)cc1. The van der Waals surface area contributed by atoms with E-state index in [4.69, 9.17) is 4.74 Å². The molecule has 8 nitrogen and oxygen atoms in total. The van der Waals surface area contributed by atoms with E-state index in [-0.39, 0.29) is 27.6 Å². The van der Waals surface area contributed by atoms with Gasteiger partial charge >= 0.3 is 0 Å². The number of nitro groups is 1. The number of hydrogen-bond acceptors (Lipinski definition) is 6. The summed E-state index contributed by atoms with van der Waals surface area (Å²) in [6.45, 7) is 2.43. The van der Waals surface area contributed by atoms with Crippen LogP contribution in [0.1, 0.15) is 33.2 Å². The third kappa shape index (κ3) is 3.10. The first-order valence-corrected chi connectivity index (χ1v) is 8.87. The van der Waals surface area contributed by atoms with Crippen molar-refractivity contribution < 1.29 is 19.2 Å². The van der Waals surface area contributed by atoms with Gasteiger partial charge in [0.1, 0.15) is 5.75 Å². The molecular weight excluding hydrogens is 374 g/mol. The fourth-order valence-corrected chi connectivity index (χ4v) is 3.27. The van der Waals surface area contributed by atoms with Crippen LogP contribution in [0.5, 0.6) is 5.75 Å². The van der Waals surface area contributed by atoms with Gasteiger partial charge in [0.2, 0.25) is 0 Å². The van der Waals surface area contributed by atoms with Crippen LogP contribution in [0.25, 0.3) is 10.8 Å². The van der Waals surface area contributed by atoms with Gasteiger partial charge in [-0.1, -0.05) is 6.07 Å². The van der Waals surface area contributed by atoms with Crippen LogP contribution in [-0.4, -0.2) is 34.6 Å². The summed E-state index contributed by atoms with van der Waals surface area (Å²) >= 11 is 0. The predicted octanol–water partition coefficient (Wildman–Crippen LogP) is 3.78. The standard InChI is InChI=1S/C21H15N3O5/c1-2-29-14-8-6-13(7-9-14)12-22-23-20(25)16-5-3-4-15-18(24(27)28)11-10-17(19(15)16)21(23)26/h3-12H,2H2,1H3/b22-12-. The van der Waals surface area contributed by atoms with Crippen molar-refractivity contribution in [3.63, 3.8) is 0 Å². The number of hydrogen-bond donors (Lipinski definition) is 0. The van der Waals surface area contributed by atoms with Crippen molar-refractivity contribution in [2.24, 2.45) is 5.10 Å². The third-order valence-corrected chi connectivity index (χ3v) is 4.57. The highest BCUT2D eigenvalue weighted by molar-refractivity contribution is 6.26. The maximum atomic E-state index is 12.9. The Balaban J connectivity index is 1.72. The minimum atomic E-state index is -0.629. The molecule has 0 saturated heterocycles. The molecule has 0 radical (unpaired) electrons. The van der Waals surface area contributed by atoms with Crippen LogP contribution in [0.15, 0.2) is 59.7 Å². The van der Waals surface area contributed by atoms with Crippen molar-refractivity contribution in [1.82, 2.24) is 5.01 Å². The molecule has 0 bridgehead atoms. The number of hydrazone groups is 1. The minimum absolute atomic E-state index is 0.155. The number of carbonyl (C=O) groups is 2. The van der Waals surface area contributed by atoms with Gasteiger partial charge in [0.25, 0.3) is 17.5 Å². The maximum Gasteiger partial charge on any atom is 0.282 e. The molecule has 4 rings (SSSR count). The van der Waals surface area contributed by atoms with Gasteiger partial charge in [-0.05, 0) is 55.0 Å². The number of nitro benzene ring substituents is 1. The molecule has 0 spiro atoms. The van der Waals surface area contributed by atoms with Crippen LogP contribution in [0.4, 0.5) is 5.69 Å². The van der Waals surface area contributed by atoms with E-state index in [9.17, 15) is 19.7 Å². The average molecular weight is 389 g/mol. The topological polar surface area (TPSA) is 102 Å². The Morgan fingerprint density at radius 3 is 2.38 bits per heavy atom. The van der Waals surface area contributed by atoms with Gasteiger partial charge in [0.15, 0.2) is 0 Å². The molecule has 0 N–H and O–H groups in total. The first kappa shape index (κ1) is 18.3. The van der Waals surface area contributed by atoms with Crippen molar-refractivity contribution in [3.8, 4) is 5.75 Å². The van der Waals surface area contributed by atoms with E-state index in [1.165, 1.54) is 30.5 Å². The lowest BCUT2D eigenvalue weighted by atomic mass is 9.94. The summed E-state index contributed by atoms with van der Waals surface area (Å²) < 4.78 is 5.38. The van der Waals surface area contributed by atoms with Crippen molar-refractivity contribution in [3.05, 3.63) is 81.4 Å². The summed E-state index contributed by atoms with van der Waals surface area (Å²) in [5, 5.41) is 16.7. The number of imide groups is 1. The molecule has 0 fully saturated rings. The van der Waals surface area contributed by atoms with Crippen LogP contribution >= 0.6 is 0 Å². The lowest BCUT2D eigenvalue weighted by Crippen LogP contribution is -2.36. The van der Waals surface area contributed by atoms with Crippen molar-refractivity contribution in [2.45, 2.75) is 6.92 Å². The normalized spacial score (nSPS) is 13.3. The molecule has 0 aromatic heterocycles. The summed E-state index contributed by atoms with van der Waals surface area (Å²) in [5.74, 6) is -0.552. The van der Waals surface area contributed by atoms with E-state index >= 15 is 0 Å². The second-order valence-corrected chi connectivity index (χ2v) is 6.29. The van der Waals surface area contributed by atoms with Gasteiger partial charge in [-0.15, -0.1) is 0 Å². The second kappa shape index (κ2) is 7.16. The number of amides is 2. The number of carbonyl (C=O) groups excluding carboxylic acids is 2. The summed E-state index contributed by atoms with van der Waals surface area (Å²) in [7, 11) is 0. The van der Waals surface area contributed by atoms with Crippen LogP contribution in [-0.2, 0) is 0 Å². The zero-order chi connectivity index (χ0) is 20.5. The lowest BCUT2D eigenvalue weighted by Gasteiger charge is -2.22. The van der Waals surface area contributed by atoms with Crippen LogP contribution in [0.3, 0.4) is 0 Å². The number of ether oxygens (including phenoxy) is 1. The third-order valence-electron chi connectivity index (χ3n) is 4.57. The fraction of sp³-hybridized carbons (Fsp3) is 0.0952. The highest BCUT2D eigenvalue weighted by atomic mass is 16.6. The number of non-ortho nitro benzene ring substituents is 1. The molecule has 2 amide bonds. The Morgan fingerprint density at radius 2 is 1.72 bits per heavy atom. The summed E-state index contributed by atoms with van der Waals surface area (Å²) in [4.78, 5) is 36.5. The van der Waals surface area contributed by atoms with Gasteiger partial charge in [-0.25, -0.2) is 0 Å². The molecule has 0 unspecified atom stereocenters. The second-order valence-electron chi connectivity index (χ2n) is 6.29. The van der Waals surface area contributed by atoms with Gasteiger partial charge in [-0.3, -0.25) is 19.7 Å².